The molecule has 0 aliphatic carbocycles. The second kappa shape index (κ2) is 4.52. The minimum Gasteiger partial charge on any atom is -0.363 e. The number of hydrogen-bond donors (Lipinski definition) is 1. The summed E-state index contributed by atoms with van der Waals surface area (Å²) in [6.07, 6.45) is -4.69. The third-order valence-corrected chi connectivity index (χ3v) is 3.15. The lowest BCUT2D eigenvalue weighted by atomic mass is 10.1. The summed E-state index contributed by atoms with van der Waals surface area (Å²) in [7, 11) is 1.64. The molecule has 0 aliphatic rings. The lowest BCUT2D eigenvalue weighted by Gasteiger charge is -2.08. The van der Waals surface area contributed by atoms with Gasteiger partial charge in [0.2, 0.25) is 5.13 Å². The van der Waals surface area contributed by atoms with Gasteiger partial charge in [-0.15, -0.1) is 10.2 Å². The highest BCUT2D eigenvalue weighted by atomic mass is 32.1. The summed E-state index contributed by atoms with van der Waals surface area (Å²) >= 11 is 1.13. The molecule has 0 unspecified atom stereocenters. The average molecular weight is 277 g/mol. The quantitative estimate of drug-likeness (QED) is 0.855. The fraction of sp³-hybridized carbons (Fsp3) is 0.200. The molecule has 18 heavy (non-hydrogen) atoms. The van der Waals surface area contributed by atoms with E-state index in [0.29, 0.717) is 16.2 Å². The molecule has 96 valence electrons. The van der Waals surface area contributed by atoms with E-state index >= 15 is 0 Å². The molecule has 1 heterocycles. The number of aromatic nitrogens is 2. The van der Waals surface area contributed by atoms with Crippen LogP contribution < -0.4 is 5.32 Å². The fourth-order valence-corrected chi connectivity index (χ4v) is 2.01. The molecule has 0 radical (unpaired) electrons. The SMILES string of the molecule is CNc1nnc(-c2ccc(C(F)(F)F)c(F)c2)s1. The first kappa shape index (κ1) is 12.7. The van der Waals surface area contributed by atoms with Gasteiger partial charge in [-0.05, 0) is 12.1 Å². The monoisotopic (exact) mass is 277 g/mol. The van der Waals surface area contributed by atoms with Crippen LogP contribution in [0.15, 0.2) is 18.2 Å². The van der Waals surface area contributed by atoms with E-state index in [9.17, 15) is 17.6 Å². The van der Waals surface area contributed by atoms with Crippen molar-refractivity contribution < 1.29 is 17.6 Å². The predicted octanol–water partition coefficient (Wildman–Crippen LogP) is 3.40. The minimum absolute atomic E-state index is 0.263. The highest BCUT2D eigenvalue weighted by Crippen LogP contribution is 2.34. The lowest BCUT2D eigenvalue weighted by Crippen LogP contribution is -2.07. The second-order valence-corrected chi connectivity index (χ2v) is 4.33. The Kier molecular flexibility index (Phi) is 3.20. The highest BCUT2D eigenvalue weighted by molar-refractivity contribution is 7.18. The highest BCUT2D eigenvalue weighted by Gasteiger charge is 2.34. The molecule has 1 N–H and O–H groups in total. The molecule has 0 saturated heterocycles. The first-order valence-corrected chi connectivity index (χ1v) is 5.62. The van der Waals surface area contributed by atoms with Gasteiger partial charge in [-0.1, -0.05) is 17.4 Å². The van der Waals surface area contributed by atoms with Gasteiger partial charge in [0.15, 0.2) is 0 Å². The molecule has 0 aliphatic heterocycles. The number of anilines is 1. The van der Waals surface area contributed by atoms with Crippen molar-refractivity contribution in [3.8, 4) is 10.6 Å². The smallest absolute Gasteiger partial charge is 0.363 e. The molecule has 8 heteroatoms. The van der Waals surface area contributed by atoms with Crippen LogP contribution in [0.25, 0.3) is 10.6 Å². The summed E-state index contributed by atoms with van der Waals surface area (Å²) < 4.78 is 50.4. The van der Waals surface area contributed by atoms with Gasteiger partial charge >= 0.3 is 6.18 Å². The predicted molar refractivity (Wildman–Crippen MR) is 59.9 cm³/mol. The van der Waals surface area contributed by atoms with Crippen LogP contribution in [0, 0.1) is 5.82 Å². The first-order chi connectivity index (χ1) is 8.41. The molecule has 0 atom stereocenters. The summed E-state index contributed by atoms with van der Waals surface area (Å²) in [5.41, 5.74) is -1.02. The number of nitrogens with zero attached hydrogens (tertiary/aromatic N) is 2. The Hall–Kier alpha value is -1.70. The van der Waals surface area contributed by atoms with Crippen molar-refractivity contribution in [2.24, 2.45) is 0 Å². The number of halogens is 4. The number of rotatable bonds is 2. The van der Waals surface area contributed by atoms with E-state index in [1.807, 2.05) is 0 Å². The van der Waals surface area contributed by atoms with Crippen LogP contribution in [0.3, 0.4) is 0 Å². The van der Waals surface area contributed by atoms with Crippen LogP contribution in [-0.2, 0) is 6.18 Å². The van der Waals surface area contributed by atoms with Crippen LogP contribution in [0.2, 0.25) is 0 Å². The molecular weight excluding hydrogens is 270 g/mol. The Morgan fingerprint density at radius 3 is 2.44 bits per heavy atom. The topological polar surface area (TPSA) is 37.8 Å². The number of hydrogen-bond acceptors (Lipinski definition) is 4. The van der Waals surface area contributed by atoms with Gasteiger partial charge in [0, 0.05) is 12.6 Å². The summed E-state index contributed by atoms with van der Waals surface area (Å²) in [6.45, 7) is 0. The molecule has 2 rings (SSSR count). The largest absolute Gasteiger partial charge is 0.419 e. The van der Waals surface area contributed by atoms with Crippen molar-refractivity contribution in [3.63, 3.8) is 0 Å². The Bertz CT molecular complexity index is 564. The Labute approximate surface area is 103 Å². The maximum absolute atomic E-state index is 13.3. The van der Waals surface area contributed by atoms with Gasteiger partial charge in [-0.2, -0.15) is 13.2 Å². The molecule has 3 nitrogen and oxygen atoms in total. The Balaban J connectivity index is 2.40. The van der Waals surface area contributed by atoms with Crippen molar-refractivity contribution in [1.29, 1.82) is 0 Å². The Morgan fingerprint density at radius 2 is 1.94 bits per heavy atom. The summed E-state index contributed by atoms with van der Waals surface area (Å²) in [5.74, 6) is -1.32. The molecular formula is C10H7F4N3S. The van der Waals surface area contributed by atoms with Gasteiger partial charge in [0.25, 0.3) is 0 Å². The number of alkyl halides is 3. The molecule has 1 aromatic heterocycles. The van der Waals surface area contributed by atoms with Crippen molar-refractivity contribution in [2.45, 2.75) is 6.18 Å². The maximum atomic E-state index is 13.3. The maximum Gasteiger partial charge on any atom is 0.419 e. The average Bonchev–Trinajstić information content (AvgIpc) is 2.75. The van der Waals surface area contributed by atoms with E-state index in [0.717, 1.165) is 17.4 Å². The van der Waals surface area contributed by atoms with E-state index in [1.165, 1.54) is 6.07 Å². The van der Waals surface area contributed by atoms with Gasteiger partial charge < -0.3 is 5.32 Å². The molecule has 1 aromatic carbocycles. The van der Waals surface area contributed by atoms with Crippen LogP contribution in [-0.4, -0.2) is 17.2 Å². The van der Waals surface area contributed by atoms with E-state index < -0.39 is 17.6 Å². The molecule has 0 bridgehead atoms. The van der Waals surface area contributed by atoms with Gasteiger partial charge in [0.05, 0.1) is 5.56 Å². The minimum atomic E-state index is -4.69. The molecule has 0 fully saturated rings. The fourth-order valence-electron chi connectivity index (χ4n) is 1.32. The van der Waals surface area contributed by atoms with Gasteiger partial charge in [-0.3, -0.25) is 0 Å². The zero-order valence-electron chi connectivity index (χ0n) is 9.05. The molecule has 0 saturated carbocycles. The second-order valence-electron chi connectivity index (χ2n) is 3.35. The zero-order valence-corrected chi connectivity index (χ0v) is 9.86. The van der Waals surface area contributed by atoms with Crippen LogP contribution in [0.1, 0.15) is 5.56 Å². The molecule has 2 aromatic rings. The number of benzene rings is 1. The van der Waals surface area contributed by atoms with Gasteiger partial charge in [0.1, 0.15) is 10.8 Å². The van der Waals surface area contributed by atoms with E-state index in [-0.39, 0.29) is 5.56 Å². The normalized spacial score (nSPS) is 11.6. The van der Waals surface area contributed by atoms with Crippen molar-refractivity contribution in [3.05, 3.63) is 29.6 Å². The Morgan fingerprint density at radius 1 is 1.22 bits per heavy atom. The summed E-state index contributed by atoms with van der Waals surface area (Å²) in [6, 6.07) is 2.68. The number of nitrogens with one attached hydrogen (secondary N) is 1. The third-order valence-electron chi connectivity index (χ3n) is 2.16. The summed E-state index contributed by atoms with van der Waals surface area (Å²) in [4.78, 5) is 0. The van der Waals surface area contributed by atoms with Crippen molar-refractivity contribution >= 4 is 16.5 Å². The van der Waals surface area contributed by atoms with Crippen molar-refractivity contribution in [1.82, 2.24) is 10.2 Å². The standard InChI is InChI=1S/C10H7F4N3S/c1-15-9-17-16-8(18-9)5-2-3-6(7(11)4-5)10(12,13)14/h2-4H,1H3,(H,15,17). The van der Waals surface area contributed by atoms with E-state index in [1.54, 1.807) is 7.05 Å². The first-order valence-electron chi connectivity index (χ1n) is 4.80. The lowest BCUT2D eigenvalue weighted by molar-refractivity contribution is -0.139. The van der Waals surface area contributed by atoms with E-state index in [4.69, 9.17) is 0 Å². The summed E-state index contributed by atoms with van der Waals surface area (Å²) in [5, 5.41) is 11.1. The molecule has 0 spiro atoms. The van der Waals surface area contributed by atoms with Crippen LogP contribution in [0.5, 0.6) is 0 Å². The van der Waals surface area contributed by atoms with Gasteiger partial charge in [-0.25, -0.2) is 4.39 Å². The van der Waals surface area contributed by atoms with Crippen molar-refractivity contribution in [2.75, 3.05) is 12.4 Å². The van der Waals surface area contributed by atoms with E-state index in [2.05, 4.69) is 15.5 Å². The van der Waals surface area contributed by atoms with Crippen LogP contribution in [0.4, 0.5) is 22.7 Å². The zero-order chi connectivity index (χ0) is 13.3. The molecule has 0 amide bonds. The third kappa shape index (κ3) is 2.42. The van der Waals surface area contributed by atoms with Crippen LogP contribution >= 0.6 is 11.3 Å².